The third-order valence-corrected chi connectivity index (χ3v) is 9.07. The molecule has 1 aromatic heterocycles. The Hall–Kier alpha value is -3.90. The van der Waals surface area contributed by atoms with Gasteiger partial charge in [-0.15, -0.1) is 0 Å². The lowest BCUT2D eigenvalue weighted by molar-refractivity contribution is -0.144. The number of Topliss-reactive ketones (excluding diaryl/α,β-unsaturated/α-hetero) is 1. The Bertz CT molecular complexity index is 1290. The van der Waals surface area contributed by atoms with Crippen LogP contribution in [-0.2, 0) is 24.0 Å². The fourth-order valence-corrected chi connectivity index (χ4v) is 6.02. The van der Waals surface area contributed by atoms with Gasteiger partial charge in [-0.2, -0.15) is 0 Å². The largest absolute Gasteiger partial charge is 0.347 e. The zero-order chi connectivity index (χ0) is 34.1. The predicted molar refractivity (Wildman–Crippen MR) is 174 cm³/mol. The Morgan fingerprint density at radius 1 is 0.915 bits per heavy atom. The molecule has 1 heterocycles. The SMILES string of the molecule is CCC[C@H](NC(=O)CN(CC1CC1)C(=O)[C@@H](NC(=O)C(NC(=O)c1cnccn1)C1CCCCC1)C(C)(C)C)C(=O)C(=O)NC1CC1. The monoisotopic (exact) mass is 653 g/mol. The predicted octanol–water partition coefficient (Wildman–Crippen LogP) is 2.06. The maximum Gasteiger partial charge on any atom is 0.289 e. The lowest BCUT2D eigenvalue weighted by Crippen LogP contribution is -2.61. The molecule has 4 N–H and O–H groups in total. The molecule has 13 heteroatoms. The molecule has 0 radical (unpaired) electrons. The second-order valence-corrected chi connectivity index (χ2v) is 14.4. The van der Waals surface area contributed by atoms with Crippen molar-refractivity contribution < 1.29 is 28.8 Å². The minimum Gasteiger partial charge on any atom is -0.347 e. The minimum absolute atomic E-state index is 0.0127. The molecule has 0 saturated heterocycles. The summed E-state index contributed by atoms with van der Waals surface area (Å²) in [5, 5.41) is 11.2. The molecule has 1 unspecified atom stereocenters. The van der Waals surface area contributed by atoms with E-state index in [0.29, 0.717) is 19.4 Å². The van der Waals surface area contributed by atoms with Gasteiger partial charge in [-0.3, -0.25) is 33.8 Å². The van der Waals surface area contributed by atoms with E-state index >= 15 is 0 Å². The highest BCUT2D eigenvalue weighted by Gasteiger charge is 2.41. The van der Waals surface area contributed by atoms with E-state index in [-0.39, 0.29) is 30.1 Å². The molecule has 0 bridgehead atoms. The van der Waals surface area contributed by atoms with Crippen LogP contribution in [0.4, 0.5) is 0 Å². The number of carbonyl (C=O) groups is 6. The van der Waals surface area contributed by atoms with Crippen molar-refractivity contribution >= 4 is 35.3 Å². The minimum atomic E-state index is -1.00. The van der Waals surface area contributed by atoms with E-state index < -0.39 is 58.9 Å². The summed E-state index contributed by atoms with van der Waals surface area (Å²) < 4.78 is 0. The number of aromatic nitrogens is 2. The molecular weight excluding hydrogens is 602 g/mol. The van der Waals surface area contributed by atoms with Gasteiger partial charge in [-0.25, -0.2) is 4.98 Å². The summed E-state index contributed by atoms with van der Waals surface area (Å²) in [5.74, 6) is -3.21. The Morgan fingerprint density at radius 2 is 1.62 bits per heavy atom. The van der Waals surface area contributed by atoms with Crippen LogP contribution in [0.3, 0.4) is 0 Å². The average Bonchev–Trinajstić information content (AvgIpc) is 3.99. The molecule has 5 amide bonds. The average molecular weight is 654 g/mol. The van der Waals surface area contributed by atoms with Crippen molar-refractivity contribution in [3.05, 3.63) is 24.3 Å². The molecular formula is C34H51N7O6. The second kappa shape index (κ2) is 16.3. The third-order valence-electron chi connectivity index (χ3n) is 9.07. The van der Waals surface area contributed by atoms with Crippen molar-refractivity contribution in [1.82, 2.24) is 36.1 Å². The Balaban J connectivity index is 1.49. The summed E-state index contributed by atoms with van der Waals surface area (Å²) in [4.78, 5) is 89.5. The summed E-state index contributed by atoms with van der Waals surface area (Å²) in [7, 11) is 0. The highest BCUT2D eigenvalue weighted by molar-refractivity contribution is 6.38. The molecule has 258 valence electrons. The van der Waals surface area contributed by atoms with Crippen LogP contribution in [-0.4, -0.2) is 87.4 Å². The number of hydrogen-bond acceptors (Lipinski definition) is 8. The maximum atomic E-state index is 14.2. The number of amides is 5. The van der Waals surface area contributed by atoms with Gasteiger partial charge in [-0.05, 0) is 62.2 Å². The van der Waals surface area contributed by atoms with Crippen LogP contribution in [0.15, 0.2) is 18.6 Å². The number of carbonyl (C=O) groups excluding carboxylic acids is 6. The fraction of sp³-hybridized carbons (Fsp3) is 0.706. The summed E-state index contributed by atoms with van der Waals surface area (Å²) >= 11 is 0. The highest BCUT2D eigenvalue weighted by atomic mass is 16.2. The first-order chi connectivity index (χ1) is 22.4. The normalized spacial score (nSPS) is 18.6. The number of ketones is 1. The molecule has 4 rings (SSSR count). The van der Waals surface area contributed by atoms with Gasteiger partial charge < -0.3 is 26.2 Å². The van der Waals surface area contributed by atoms with Crippen molar-refractivity contribution in [2.24, 2.45) is 17.3 Å². The third kappa shape index (κ3) is 10.8. The first-order valence-electron chi connectivity index (χ1n) is 17.2. The van der Waals surface area contributed by atoms with E-state index in [1.807, 2.05) is 27.7 Å². The summed E-state index contributed by atoms with van der Waals surface area (Å²) in [5.41, 5.74) is -0.644. The van der Waals surface area contributed by atoms with Crippen LogP contribution in [0.1, 0.15) is 109 Å². The molecule has 3 aliphatic carbocycles. The number of hydrogen-bond donors (Lipinski definition) is 4. The van der Waals surface area contributed by atoms with Gasteiger partial charge in [0.2, 0.25) is 23.5 Å². The molecule has 3 aliphatic rings. The zero-order valence-corrected chi connectivity index (χ0v) is 28.2. The standard InChI is InChI=1S/C34H51N7O6/c1-5-9-24(28(43)32(46)37-23-14-15-23)38-26(42)20-41(19-21-12-13-21)33(47)29(34(2,3)4)40-31(45)27(22-10-7-6-8-11-22)39-30(44)25-18-35-16-17-36-25/h16-18,21-24,27,29H,5-15,19-20H2,1-4H3,(H,37,46)(H,38,42)(H,39,44)(H,40,45)/t24-,27?,29+/m0/s1. The fourth-order valence-electron chi connectivity index (χ4n) is 6.02. The van der Waals surface area contributed by atoms with Gasteiger partial charge >= 0.3 is 0 Å². The van der Waals surface area contributed by atoms with E-state index in [1.165, 1.54) is 23.5 Å². The van der Waals surface area contributed by atoms with Gasteiger partial charge in [0.1, 0.15) is 17.8 Å². The molecule has 3 fully saturated rings. The quantitative estimate of drug-likeness (QED) is 0.196. The molecule has 1 aromatic rings. The van der Waals surface area contributed by atoms with Crippen LogP contribution < -0.4 is 21.3 Å². The number of nitrogens with zero attached hydrogens (tertiary/aromatic N) is 3. The molecule has 0 aromatic carbocycles. The topological polar surface area (TPSA) is 180 Å². The van der Waals surface area contributed by atoms with Gasteiger partial charge in [0.25, 0.3) is 11.8 Å². The van der Waals surface area contributed by atoms with Crippen LogP contribution in [0.2, 0.25) is 0 Å². The molecule has 47 heavy (non-hydrogen) atoms. The number of nitrogens with one attached hydrogen (secondary N) is 4. The molecule has 3 atom stereocenters. The van der Waals surface area contributed by atoms with Gasteiger partial charge in [0, 0.05) is 25.0 Å². The molecule has 0 aliphatic heterocycles. The van der Waals surface area contributed by atoms with E-state index in [0.717, 1.165) is 57.8 Å². The van der Waals surface area contributed by atoms with E-state index in [2.05, 4.69) is 31.2 Å². The van der Waals surface area contributed by atoms with Crippen LogP contribution >= 0.6 is 0 Å². The number of rotatable bonds is 16. The van der Waals surface area contributed by atoms with Gasteiger partial charge in [-0.1, -0.05) is 53.4 Å². The van der Waals surface area contributed by atoms with Crippen molar-refractivity contribution in [2.75, 3.05) is 13.1 Å². The van der Waals surface area contributed by atoms with Gasteiger partial charge in [0.05, 0.1) is 18.8 Å². The lowest BCUT2D eigenvalue weighted by atomic mass is 9.82. The van der Waals surface area contributed by atoms with Crippen molar-refractivity contribution in [2.45, 2.75) is 122 Å². The first-order valence-corrected chi connectivity index (χ1v) is 17.2. The van der Waals surface area contributed by atoms with Crippen molar-refractivity contribution in [3.63, 3.8) is 0 Å². The highest BCUT2D eigenvalue weighted by Crippen LogP contribution is 2.31. The van der Waals surface area contributed by atoms with Crippen LogP contribution in [0, 0.1) is 17.3 Å². The Kier molecular flexibility index (Phi) is 12.4. The van der Waals surface area contributed by atoms with Crippen molar-refractivity contribution in [3.8, 4) is 0 Å². The van der Waals surface area contributed by atoms with E-state index in [9.17, 15) is 28.8 Å². The second-order valence-electron chi connectivity index (χ2n) is 14.4. The van der Waals surface area contributed by atoms with Crippen LogP contribution in [0.5, 0.6) is 0 Å². The lowest BCUT2D eigenvalue weighted by Gasteiger charge is -2.37. The summed E-state index contributed by atoms with van der Waals surface area (Å²) in [6, 6.07) is -2.86. The maximum absolute atomic E-state index is 14.2. The van der Waals surface area contributed by atoms with E-state index in [1.54, 1.807) is 0 Å². The van der Waals surface area contributed by atoms with E-state index in [4.69, 9.17) is 0 Å². The van der Waals surface area contributed by atoms with Crippen LogP contribution in [0.25, 0.3) is 0 Å². The molecule has 0 spiro atoms. The summed E-state index contributed by atoms with van der Waals surface area (Å²) in [6.45, 7) is 7.40. The summed E-state index contributed by atoms with van der Waals surface area (Å²) in [6.07, 6.45) is 13.1. The first kappa shape index (κ1) is 35.9. The Labute approximate surface area is 277 Å². The molecule has 3 saturated carbocycles. The zero-order valence-electron chi connectivity index (χ0n) is 28.2. The van der Waals surface area contributed by atoms with Gasteiger partial charge in [0.15, 0.2) is 0 Å². The smallest absolute Gasteiger partial charge is 0.289 e. The molecule has 13 nitrogen and oxygen atoms in total. The Morgan fingerprint density at radius 3 is 2.19 bits per heavy atom. The van der Waals surface area contributed by atoms with Crippen molar-refractivity contribution in [1.29, 1.82) is 0 Å².